The molecule has 11 heteroatoms. The monoisotopic (exact) mass is 505 g/mol. The molecular formula is C22H26F3NO5S2. The summed E-state index contributed by atoms with van der Waals surface area (Å²) < 4.78 is 78.6. The fourth-order valence-electron chi connectivity index (χ4n) is 3.92. The Morgan fingerprint density at radius 2 is 1.73 bits per heavy atom. The van der Waals surface area contributed by atoms with E-state index >= 15 is 0 Å². The highest BCUT2D eigenvalue weighted by Crippen LogP contribution is 2.40. The summed E-state index contributed by atoms with van der Waals surface area (Å²) >= 11 is 0. The van der Waals surface area contributed by atoms with Crippen molar-refractivity contribution in [3.8, 4) is 0 Å². The van der Waals surface area contributed by atoms with Gasteiger partial charge in [0.25, 0.3) is 5.91 Å². The van der Waals surface area contributed by atoms with E-state index in [1.165, 1.54) is 25.5 Å². The Morgan fingerprint density at radius 1 is 1.06 bits per heavy atom. The molecule has 1 aliphatic heterocycles. The van der Waals surface area contributed by atoms with Crippen molar-refractivity contribution < 1.29 is 34.9 Å². The maximum Gasteiger partial charge on any atom is 0.525 e. The fraction of sp³-hybridized carbons (Fsp3) is 0.500. The second kappa shape index (κ2) is 10.1. The van der Waals surface area contributed by atoms with Crippen molar-refractivity contribution in [1.82, 2.24) is 5.06 Å². The predicted molar refractivity (Wildman–Crippen MR) is 119 cm³/mol. The number of carbonyl (C=O) groups is 1. The highest BCUT2D eigenvalue weighted by Gasteiger charge is 2.51. The summed E-state index contributed by atoms with van der Waals surface area (Å²) in [5.74, 6) is -0.542. The second-order valence-electron chi connectivity index (χ2n) is 7.98. The number of amides is 1. The third-order valence-electron chi connectivity index (χ3n) is 5.66. The number of alkyl halides is 3. The lowest BCUT2D eigenvalue weighted by Crippen LogP contribution is -2.41. The topological polar surface area (TPSA) is 80.8 Å². The minimum absolute atomic E-state index is 0.00334. The number of benzene rings is 2. The van der Waals surface area contributed by atoms with Crippen LogP contribution < -0.4 is 0 Å². The van der Waals surface area contributed by atoms with Crippen molar-refractivity contribution in [2.75, 3.05) is 5.75 Å². The lowest BCUT2D eigenvalue weighted by molar-refractivity contribution is -0.0980. The zero-order chi connectivity index (χ0) is 24.4. The molecule has 6 nitrogen and oxygen atoms in total. The molecule has 0 saturated heterocycles. The van der Waals surface area contributed by atoms with Gasteiger partial charge in [-0.15, -0.1) is 4.28 Å². The molecule has 0 aromatic heterocycles. The normalized spacial score (nSPS) is 17.5. The van der Waals surface area contributed by atoms with Gasteiger partial charge in [-0.05, 0) is 36.4 Å². The van der Waals surface area contributed by atoms with Crippen molar-refractivity contribution >= 4 is 37.6 Å². The third kappa shape index (κ3) is 5.25. The Hall–Kier alpha value is -1.98. The Balaban J connectivity index is 1.89. The average Bonchev–Trinajstić information content (AvgIpc) is 2.76. The molecule has 1 aliphatic rings. The van der Waals surface area contributed by atoms with Crippen LogP contribution in [0.15, 0.2) is 35.2 Å². The molecule has 2 aromatic rings. The first-order chi connectivity index (χ1) is 15.5. The van der Waals surface area contributed by atoms with Crippen LogP contribution in [0, 0.1) is 0 Å². The average molecular weight is 506 g/mol. The van der Waals surface area contributed by atoms with Crippen LogP contribution >= 0.6 is 0 Å². The van der Waals surface area contributed by atoms with Crippen molar-refractivity contribution in [2.24, 2.45) is 0 Å². The molecule has 0 fully saturated rings. The van der Waals surface area contributed by atoms with Gasteiger partial charge in [-0.1, -0.05) is 57.2 Å². The van der Waals surface area contributed by atoms with E-state index in [1.807, 2.05) is 0 Å². The smallest absolute Gasteiger partial charge is 0.267 e. The Labute approximate surface area is 193 Å². The maximum absolute atomic E-state index is 13.0. The van der Waals surface area contributed by atoms with Gasteiger partial charge in [-0.3, -0.25) is 9.00 Å². The summed E-state index contributed by atoms with van der Waals surface area (Å²) in [4.78, 5) is 13.4. The van der Waals surface area contributed by atoms with Crippen LogP contribution in [0.4, 0.5) is 13.2 Å². The third-order valence-corrected chi connectivity index (χ3v) is 8.09. The van der Waals surface area contributed by atoms with E-state index in [2.05, 4.69) is 11.2 Å². The van der Waals surface area contributed by atoms with Crippen LogP contribution in [0.3, 0.4) is 0 Å². The first kappa shape index (κ1) is 25.6. The first-order valence-electron chi connectivity index (χ1n) is 10.8. The molecule has 2 aromatic carbocycles. The Kier molecular flexibility index (Phi) is 7.85. The maximum atomic E-state index is 13.0. The fourth-order valence-corrected chi connectivity index (χ4v) is 5.74. The number of carbonyl (C=O) groups excluding carboxylic acids is 1. The molecule has 0 aliphatic carbocycles. The van der Waals surface area contributed by atoms with E-state index < -0.39 is 38.4 Å². The van der Waals surface area contributed by atoms with Crippen LogP contribution in [-0.2, 0) is 25.2 Å². The molecule has 0 radical (unpaired) electrons. The van der Waals surface area contributed by atoms with E-state index in [4.69, 9.17) is 0 Å². The van der Waals surface area contributed by atoms with Gasteiger partial charge >= 0.3 is 15.6 Å². The summed E-state index contributed by atoms with van der Waals surface area (Å²) in [6.07, 6.45) is 6.32. The number of halogens is 3. The standard InChI is InChI=1S/C22H26F3NO5S2/c1-3-4-5-6-7-8-14-32(28)19-13-12-16-15(2)26(31-33(29,30)22(23,24)25)21(27)18-11-9-10-17(19)20(16)18/h9-13,15H,3-8,14H2,1-2H3. The molecule has 1 heterocycles. The Morgan fingerprint density at radius 3 is 2.39 bits per heavy atom. The number of hydroxylamine groups is 2. The van der Waals surface area contributed by atoms with E-state index in [9.17, 15) is 30.6 Å². The summed E-state index contributed by atoms with van der Waals surface area (Å²) in [7, 11) is -7.34. The highest BCUT2D eigenvalue weighted by molar-refractivity contribution is 7.87. The Bertz CT molecular complexity index is 1160. The highest BCUT2D eigenvalue weighted by atomic mass is 32.2. The van der Waals surface area contributed by atoms with Crippen LogP contribution in [0.25, 0.3) is 10.8 Å². The van der Waals surface area contributed by atoms with Crippen molar-refractivity contribution in [1.29, 1.82) is 0 Å². The molecule has 0 saturated carbocycles. The summed E-state index contributed by atoms with van der Waals surface area (Å²) in [6.45, 7) is 3.51. The molecule has 182 valence electrons. The number of unbranched alkanes of at least 4 members (excludes halogenated alkanes) is 5. The van der Waals surface area contributed by atoms with Crippen molar-refractivity contribution in [3.63, 3.8) is 0 Å². The van der Waals surface area contributed by atoms with Crippen LogP contribution in [0.2, 0.25) is 0 Å². The molecule has 2 atom stereocenters. The molecule has 1 amide bonds. The molecule has 0 N–H and O–H groups in total. The molecule has 33 heavy (non-hydrogen) atoms. The van der Waals surface area contributed by atoms with Gasteiger partial charge in [-0.25, -0.2) is 0 Å². The van der Waals surface area contributed by atoms with Crippen LogP contribution in [0.1, 0.15) is 74.3 Å². The summed E-state index contributed by atoms with van der Waals surface area (Å²) in [5.41, 5.74) is -5.26. The van der Waals surface area contributed by atoms with Gasteiger partial charge in [0.2, 0.25) is 0 Å². The second-order valence-corrected chi connectivity index (χ2v) is 11.0. The number of hydrogen-bond donors (Lipinski definition) is 0. The molecule has 2 unspecified atom stereocenters. The molecule has 0 spiro atoms. The molecular weight excluding hydrogens is 479 g/mol. The first-order valence-corrected chi connectivity index (χ1v) is 13.5. The van der Waals surface area contributed by atoms with Gasteiger partial charge in [0.1, 0.15) is 0 Å². The molecule has 0 bridgehead atoms. The lowest BCUT2D eigenvalue weighted by atomic mass is 9.91. The summed E-state index contributed by atoms with van der Waals surface area (Å²) in [5, 5.41) is 1.24. The van der Waals surface area contributed by atoms with Gasteiger partial charge in [0.15, 0.2) is 0 Å². The number of hydrogen-bond acceptors (Lipinski definition) is 5. The van der Waals surface area contributed by atoms with Gasteiger partial charge in [-0.2, -0.15) is 26.7 Å². The minimum atomic E-state index is -6.02. The van der Waals surface area contributed by atoms with E-state index in [0.717, 1.165) is 32.1 Å². The zero-order valence-corrected chi connectivity index (χ0v) is 20.0. The quantitative estimate of drug-likeness (QED) is 0.310. The van der Waals surface area contributed by atoms with Crippen LogP contribution in [-0.4, -0.2) is 34.9 Å². The lowest BCUT2D eigenvalue weighted by Gasteiger charge is -2.33. The number of rotatable bonds is 10. The zero-order valence-electron chi connectivity index (χ0n) is 18.4. The number of nitrogens with zero attached hydrogens (tertiary/aromatic N) is 1. The van der Waals surface area contributed by atoms with E-state index in [-0.39, 0.29) is 10.6 Å². The van der Waals surface area contributed by atoms with E-state index in [1.54, 1.807) is 18.2 Å². The van der Waals surface area contributed by atoms with Crippen molar-refractivity contribution in [2.45, 2.75) is 68.8 Å². The minimum Gasteiger partial charge on any atom is -0.267 e. The van der Waals surface area contributed by atoms with Gasteiger partial charge < -0.3 is 0 Å². The van der Waals surface area contributed by atoms with Crippen molar-refractivity contribution in [3.05, 3.63) is 41.5 Å². The van der Waals surface area contributed by atoms with E-state index in [0.29, 0.717) is 27.0 Å². The molecule has 3 rings (SSSR count). The van der Waals surface area contributed by atoms with Gasteiger partial charge in [0.05, 0.1) is 22.4 Å². The predicted octanol–water partition coefficient (Wildman–Crippen LogP) is 5.61. The van der Waals surface area contributed by atoms with Gasteiger partial charge in [0, 0.05) is 16.0 Å². The van der Waals surface area contributed by atoms with Crippen LogP contribution in [0.5, 0.6) is 0 Å². The summed E-state index contributed by atoms with van der Waals surface area (Å²) in [6, 6.07) is 6.70. The SMILES string of the molecule is CCCCCCCCS(=O)c1ccc2c3c(cccc13)C(=O)N(OS(=O)(=O)C(F)(F)F)C2C. The largest absolute Gasteiger partial charge is 0.525 e.